The molecular formula is C7H7FIN. The van der Waals surface area contributed by atoms with Crippen molar-refractivity contribution in [3.05, 3.63) is 33.1 Å². The molecule has 0 spiro atoms. The number of benzene rings is 1. The van der Waals surface area contributed by atoms with E-state index < -0.39 is 0 Å². The molecular weight excluding hydrogens is 244 g/mol. The molecule has 0 aliphatic rings. The van der Waals surface area contributed by atoms with Crippen LogP contribution in [0.2, 0.25) is 0 Å². The summed E-state index contributed by atoms with van der Waals surface area (Å²) in [6.07, 6.45) is 0. The topological polar surface area (TPSA) is 26.0 Å². The molecule has 1 aromatic carbocycles. The predicted molar refractivity (Wildman–Crippen MR) is 47.0 cm³/mol. The van der Waals surface area contributed by atoms with E-state index in [1.165, 1.54) is 6.07 Å². The number of rotatable bonds is 1. The lowest BCUT2D eigenvalue weighted by Gasteiger charge is -1.98. The third kappa shape index (κ3) is 1.67. The molecule has 0 amide bonds. The van der Waals surface area contributed by atoms with Crippen LogP contribution in [-0.4, -0.2) is 0 Å². The van der Waals surface area contributed by atoms with Crippen LogP contribution in [0.15, 0.2) is 18.2 Å². The maximum Gasteiger partial charge on any atom is 0.127 e. The molecule has 0 aliphatic carbocycles. The maximum atomic E-state index is 12.7. The Balaban J connectivity index is 3.09. The van der Waals surface area contributed by atoms with Crippen LogP contribution in [0.4, 0.5) is 4.39 Å². The van der Waals surface area contributed by atoms with Gasteiger partial charge in [-0.1, -0.05) is 0 Å². The summed E-state index contributed by atoms with van der Waals surface area (Å²) in [4.78, 5) is 0. The minimum atomic E-state index is -0.220. The SMILES string of the molecule is NCc1cc(I)ccc1F. The smallest absolute Gasteiger partial charge is 0.127 e. The van der Waals surface area contributed by atoms with Crippen LogP contribution in [-0.2, 0) is 6.54 Å². The van der Waals surface area contributed by atoms with E-state index in [4.69, 9.17) is 5.73 Å². The Bertz CT molecular complexity index is 237. The van der Waals surface area contributed by atoms with Gasteiger partial charge in [0.25, 0.3) is 0 Å². The largest absolute Gasteiger partial charge is 0.326 e. The zero-order valence-electron chi connectivity index (χ0n) is 5.27. The second kappa shape index (κ2) is 3.30. The monoisotopic (exact) mass is 251 g/mol. The third-order valence-electron chi connectivity index (χ3n) is 1.23. The van der Waals surface area contributed by atoms with E-state index in [1.807, 2.05) is 0 Å². The molecule has 10 heavy (non-hydrogen) atoms. The van der Waals surface area contributed by atoms with E-state index in [2.05, 4.69) is 22.6 Å². The minimum absolute atomic E-state index is 0.220. The van der Waals surface area contributed by atoms with Gasteiger partial charge in [0.05, 0.1) is 0 Å². The second-order valence-electron chi connectivity index (χ2n) is 1.94. The molecule has 2 N–H and O–H groups in total. The van der Waals surface area contributed by atoms with Crippen LogP contribution in [0, 0.1) is 9.39 Å². The van der Waals surface area contributed by atoms with Crippen molar-refractivity contribution in [1.29, 1.82) is 0 Å². The first kappa shape index (κ1) is 7.94. The van der Waals surface area contributed by atoms with Crippen LogP contribution >= 0.6 is 22.6 Å². The predicted octanol–water partition coefficient (Wildman–Crippen LogP) is 1.89. The van der Waals surface area contributed by atoms with Gasteiger partial charge in [-0.2, -0.15) is 0 Å². The molecule has 0 saturated carbocycles. The Morgan fingerprint density at radius 1 is 1.50 bits per heavy atom. The van der Waals surface area contributed by atoms with Gasteiger partial charge in [-0.15, -0.1) is 0 Å². The van der Waals surface area contributed by atoms with Crippen LogP contribution in [0.1, 0.15) is 5.56 Å². The molecule has 0 aromatic heterocycles. The Labute approximate surface area is 72.6 Å². The lowest BCUT2D eigenvalue weighted by atomic mass is 10.2. The van der Waals surface area contributed by atoms with Crippen molar-refractivity contribution in [3.8, 4) is 0 Å². The van der Waals surface area contributed by atoms with Gasteiger partial charge in [0, 0.05) is 15.7 Å². The molecule has 0 bridgehead atoms. The molecule has 1 nitrogen and oxygen atoms in total. The molecule has 3 heteroatoms. The van der Waals surface area contributed by atoms with Crippen LogP contribution in [0.5, 0.6) is 0 Å². The molecule has 0 atom stereocenters. The van der Waals surface area contributed by atoms with Crippen molar-refractivity contribution in [3.63, 3.8) is 0 Å². The van der Waals surface area contributed by atoms with E-state index in [0.29, 0.717) is 5.56 Å². The number of nitrogens with two attached hydrogens (primary N) is 1. The Morgan fingerprint density at radius 3 is 2.70 bits per heavy atom. The zero-order chi connectivity index (χ0) is 7.56. The summed E-state index contributed by atoms with van der Waals surface area (Å²) in [5.41, 5.74) is 5.85. The van der Waals surface area contributed by atoms with Crippen molar-refractivity contribution in [1.82, 2.24) is 0 Å². The lowest BCUT2D eigenvalue weighted by molar-refractivity contribution is 0.610. The molecule has 1 rings (SSSR count). The normalized spacial score (nSPS) is 9.90. The Hall–Kier alpha value is -0.160. The molecule has 0 fully saturated rings. The highest BCUT2D eigenvalue weighted by Gasteiger charge is 1.98. The van der Waals surface area contributed by atoms with Crippen molar-refractivity contribution in [2.24, 2.45) is 5.73 Å². The van der Waals surface area contributed by atoms with Gasteiger partial charge in [0.2, 0.25) is 0 Å². The zero-order valence-corrected chi connectivity index (χ0v) is 7.43. The Morgan fingerprint density at radius 2 is 2.20 bits per heavy atom. The highest BCUT2D eigenvalue weighted by Crippen LogP contribution is 2.11. The minimum Gasteiger partial charge on any atom is -0.326 e. The molecule has 0 unspecified atom stereocenters. The fourth-order valence-electron chi connectivity index (χ4n) is 0.700. The average Bonchev–Trinajstić information content (AvgIpc) is 1.94. The summed E-state index contributed by atoms with van der Waals surface area (Å²) < 4.78 is 13.7. The molecule has 0 saturated heterocycles. The van der Waals surface area contributed by atoms with E-state index in [0.717, 1.165) is 3.57 Å². The highest BCUT2D eigenvalue weighted by atomic mass is 127. The summed E-state index contributed by atoms with van der Waals surface area (Å²) in [6.45, 7) is 0.267. The van der Waals surface area contributed by atoms with Gasteiger partial charge < -0.3 is 5.73 Å². The lowest BCUT2D eigenvalue weighted by Crippen LogP contribution is -1.99. The molecule has 54 valence electrons. The van der Waals surface area contributed by atoms with Crippen molar-refractivity contribution >= 4 is 22.6 Å². The quantitative estimate of drug-likeness (QED) is 0.758. The number of hydrogen-bond donors (Lipinski definition) is 1. The first-order valence-electron chi connectivity index (χ1n) is 2.88. The van der Waals surface area contributed by atoms with Gasteiger partial charge in [-0.3, -0.25) is 0 Å². The molecule has 0 radical (unpaired) electrons. The van der Waals surface area contributed by atoms with Crippen molar-refractivity contribution in [2.75, 3.05) is 0 Å². The van der Waals surface area contributed by atoms with Gasteiger partial charge in [-0.05, 0) is 40.8 Å². The second-order valence-corrected chi connectivity index (χ2v) is 3.19. The summed E-state index contributed by atoms with van der Waals surface area (Å²) >= 11 is 2.12. The number of halogens is 2. The third-order valence-corrected chi connectivity index (χ3v) is 1.90. The molecule has 1 aromatic rings. The van der Waals surface area contributed by atoms with Crippen LogP contribution in [0.25, 0.3) is 0 Å². The van der Waals surface area contributed by atoms with E-state index in [1.54, 1.807) is 12.1 Å². The summed E-state index contributed by atoms with van der Waals surface area (Å²) in [7, 11) is 0. The number of hydrogen-bond acceptors (Lipinski definition) is 1. The molecule has 0 heterocycles. The molecule has 0 aliphatic heterocycles. The van der Waals surface area contributed by atoms with E-state index in [9.17, 15) is 4.39 Å². The van der Waals surface area contributed by atoms with Crippen molar-refractivity contribution < 1.29 is 4.39 Å². The summed E-state index contributed by atoms with van der Waals surface area (Å²) in [6, 6.07) is 4.90. The van der Waals surface area contributed by atoms with Gasteiger partial charge >= 0.3 is 0 Å². The first-order chi connectivity index (χ1) is 4.74. The van der Waals surface area contributed by atoms with E-state index in [-0.39, 0.29) is 12.4 Å². The standard InChI is InChI=1S/C7H7FIN/c8-7-2-1-6(9)3-5(7)4-10/h1-3H,4,10H2. The highest BCUT2D eigenvalue weighted by molar-refractivity contribution is 14.1. The Kier molecular flexibility index (Phi) is 2.62. The van der Waals surface area contributed by atoms with Gasteiger partial charge in [0.15, 0.2) is 0 Å². The van der Waals surface area contributed by atoms with Gasteiger partial charge in [0.1, 0.15) is 5.82 Å². The van der Waals surface area contributed by atoms with Crippen LogP contribution in [0.3, 0.4) is 0 Å². The first-order valence-corrected chi connectivity index (χ1v) is 3.96. The average molecular weight is 251 g/mol. The summed E-state index contributed by atoms with van der Waals surface area (Å²) in [5.74, 6) is -0.220. The fourth-order valence-corrected chi connectivity index (χ4v) is 1.26. The fraction of sp³-hybridized carbons (Fsp3) is 0.143. The van der Waals surface area contributed by atoms with Gasteiger partial charge in [-0.25, -0.2) is 4.39 Å². The van der Waals surface area contributed by atoms with Crippen LogP contribution < -0.4 is 5.73 Å². The van der Waals surface area contributed by atoms with E-state index >= 15 is 0 Å². The summed E-state index contributed by atoms with van der Waals surface area (Å²) in [5, 5.41) is 0. The van der Waals surface area contributed by atoms with Crippen molar-refractivity contribution in [2.45, 2.75) is 6.54 Å². The maximum absolute atomic E-state index is 12.7.